The van der Waals surface area contributed by atoms with Gasteiger partial charge in [0.1, 0.15) is 0 Å². The van der Waals surface area contributed by atoms with Crippen LogP contribution in [0.4, 0.5) is 0 Å². The molecule has 3 atom stereocenters. The molecule has 3 unspecified atom stereocenters. The van der Waals surface area contributed by atoms with Crippen molar-refractivity contribution in [3.05, 3.63) is 34.9 Å². The molecule has 0 amide bonds. The molecule has 0 aliphatic carbocycles. The monoisotopic (exact) mass is 289 g/mol. The van der Waals surface area contributed by atoms with Crippen LogP contribution in [0.5, 0.6) is 0 Å². The van der Waals surface area contributed by atoms with Crippen LogP contribution >= 0.6 is 0 Å². The second-order valence-corrected chi connectivity index (χ2v) is 7.11. The van der Waals surface area contributed by atoms with Gasteiger partial charge in [-0.3, -0.25) is 0 Å². The van der Waals surface area contributed by atoms with E-state index in [-0.39, 0.29) is 11.1 Å². The molecule has 116 valence electrons. The van der Waals surface area contributed by atoms with Crippen molar-refractivity contribution in [3.63, 3.8) is 0 Å². The van der Waals surface area contributed by atoms with Crippen LogP contribution in [0, 0.1) is 19.8 Å². The van der Waals surface area contributed by atoms with E-state index in [1.165, 1.54) is 16.7 Å². The summed E-state index contributed by atoms with van der Waals surface area (Å²) in [5, 5.41) is 0. The van der Waals surface area contributed by atoms with Gasteiger partial charge in [-0.1, -0.05) is 18.2 Å². The van der Waals surface area contributed by atoms with E-state index in [1.54, 1.807) is 0 Å². The maximum Gasteiger partial charge on any atom is 0.0940 e. The molecule has 1 aromatic rings. The van der Waals surface area contributed by atoms with Crippen molar-refractivity contribution < 1.29 is 9.47 Å². The molecule has 3 rings (SSSR count). The second-order valence-electron chi connectivity index (χ2n) is 7.11. The zero-order valence-electron chi connectivity index (χ0n) is 13.4. The summed E-state index contributed by atoms with van der Waals surface area (Å²) in [6.45, 7) is 8.82. The summed E-state index contributed by atoms with van der Waals surface area (Å²) in [5.41, 5.74) is 10.3. The summed E-state index contributed by atoms with van der Waals surface area (Å²) in [6.07, 6.45) is 3.04. The predicted molar refractivity (Wildman–Crippen MR) is 84.3 cm³/mol. The fourth-order valence-corrected chi connectivity index (χ4v) is 3.72. The highest BCUT2D eigenvalue weighted by Crippen LogP contribution is 2.42. The topological polar surface area (TPSA) is 44.5 Å². The van der Waals surface area contributed by atoms with Crippen LogP contribution < -0.4 is 5.73 Å². The zero-order chi connectivity index (χ0) is 15.1. The SMILES string of the molecule is Cc1ccc(C(C)(N)C2CCOC3(CCOC3)C2)cc1C. The van der Waals surface area contributed by atoms with E-state index in [0.717, 1.165) is 39.1 Å². The summed E-state index contributed by atoms with van der Waals surface area (Å²) in [5.74, 6) is 0.440. The number of rotatable bonds is 2. The Morgan fingerprint density at radius 1 is 1.24 bits per heavy atom. The van der Waals surface area contributed by atoms with Gasteiger partial charge in [-0.05, 0) is 56.2 Å². The molecular weight excluding hydrogens is 262 g/mol. The number of benzene rings is 1. The van der Waals surface area contributed by atoms with E-state index >= 15 is 0 Å². The van der Waals surface area contributed by atoms with Crippen molar-refractivity contribution in [1.82, 2.24) is 0 Å². The van der Waals surface area contributed by atoms with Crippen LogP contribution in [0.1, 0.15) is 42.9 Å². The van der Waals surface area contributed by atoms with Crippen LogP contribution in [-0.4, -0.2) is 25.4 Å². The standard InChI is InChI=1S/C18H27NO2/c1-13-4-5-15(10-14(13)2)17(3,19)16-6-8-21-18(11-16)7-9-20-12-18/h4-5,10,16H,6-9,11-12,19H2,1-3H3. The normalized spacial score (nSPS) is 32.3. The lowest BCUT2D eigenvalue weighted by atomic mass is 9.71. The lowest BCUT2D eigenvalue weighted by Gasteiger charge is -2.44. The highest BCUT2D eigenvalue weighted by Gasteiger charge is 2.45. The molecule has 2 saturated heterocycles. The van der Waals surface area contributed by atoms with Crippen molar-refractivity contribution >= 4 is 0 Å². The molecule has 2 N–H and O–H groups in total. The first-order valence-electron chi connectivity index (χ1n) is 8.01. The first-order valence-corrected chi connectivity index (χ1v) is 8.01. The summed E-state index contributed by atoms with van der Waals surface area (Å²) < 4.78 is 11.6. The third-order valence-electron chi connectivity index (χ3n) is 5.54. The second kappa shape index (κ2) is 5.38. The van der Waals surface area contributed by atoms with E-state index < -0.39 is 0 Å². The van der Waals surface area contributed by atoms with Crippen LogP contribution in [0.25, 0.3) is 0 Å². The molecule has 3 nitrogen and oxygen atoms in total. The predicted octanol–water partition coefficient (Wildman–Crippen LogP) is 3.06. The average Bonchev–Trinajstić information content (AvgIpc) is 2.89. The fraction of sp³-hybridized carbons (Fsp3) is 0.667. The molecule has 0 bridgehead atoms. The van der Waals surface area contributed by atoms with E-state index in [0.29, 0.717) is 5.92 Å². The minimum atomic E-state index is -0.308. The highest BCUT2D eigenvalue weighted by atomic mass is 16.6. The van der Waals surface area contributed by atoms with Gasteiger partial charge in [0.05, 0.1) is 12.2 Å². The van der Waals surface area contributed by atoms with Gasteiger partial charge in [0, 0.05) is 25.2 Å². The molecule has 2 fully saturated rings. The van der Waals surface area contributed by atoms with Crippen molar-refractivity contribution in [2.45, 2.75) is 51.2 Å². The summed E-state index contributed by atoms with van der Waals surface area (Å²) in [4.78, 5) is 0. The fourth-order valence-electron chi connectivity index (χ4n) is 3.72. The molecule has 0 aromatic heterocycles. The van der Waals surface area contributed by atoms with Gasteiger partial charge in [0.2, 0.25) is 0 Å². The molecule has 0 radical (unpaired) electrons. The summed E-state index contributed by atoms with van der Waals surface area (Å²) in [7, 11) is 0. The Morgan fingerprint density at radius 3 is 2.71 bits per heavy atom. The van der Waals surface area contributed by atoms with Gasteiger partial charge in [0.25, 0.3) is 0 Å². The number of aryl methyl sites for hydroxylation is 2. The maximum absolute atomic E-state index is 6.79. The molecule has 2 heterocycles. The van der Waals surface area contributed by atoms with Crippen molar-refractivity contribution in [2.24, 2.45) is 11.7 Å². The minimum absolute atomic E-state index is 0.0801. The van der Waals surface area contributed by atoms with Crippen molar-refractivity contribution in [1.29, 1.82) is 0 Å². The molecule has 21 heavy (non-hydrogen) atoms. The zero-order valence-corrected chi connectivity index (χ0v) is 13.4. The van der Waals surface area contributed by atoms with E-state index in [9.17, 15) is 0 Å². The number of hydrogen-bond acceptors (Lipinski definition) is 3. The number of nitrogens with two attached hydrogens (primary N) is 1. The van der Waals surface area contributed by atoms with E-state index in [2.05, 4.69) is 39.0 Å². The Bertz CT molecular complexity index is 518. The molecular formula is C18H27NO2. The van der Waals surface area contributed by atoms with Crippen LogP contribution in [0.15, 0.2) is 18.2 Å². The average molecular weight is 289 g/mol. The van der Waals surface area contributed by atoms with Crippen molar-refractivity contribution in [3.8, 4) is 0 Å². The lowest BCUT2D eigenvalue weighted by Crippen LogP contribution is -2.50. The van der Waals surface area contributed by atoms with E-state index in [4.69, 9.17) is 15.2 Å². The molecule has 2 aliphatic heterocycles. The largest absolute Gasteiger partial charge is 0.378 e. The highest BCUT2D eigenvalue weighted by molar-refractivity contribution is 5.34. The molecule has 3 heteroatoms. The third kappa shape index (κ3) is 2.75. The first-order chi connectivity index (χ1) is 9.93. The van der Waals surface area contributed by atoms with Gasteiger partial charge < -0.3 is 15.2 Å². The van der Waals surface area contributed by atoms with E-state index in [1.807, 2.05) is 0 Å². The number of ether oxygens (including phenoxy) is 2. The molecule has 0 saturated carbocycles. The van der Waals surface area contributed by atoms with Crippen LogP contribution in [0.2, 0.25) is 0 Å². The summed E-state index contributed by atoms with van der Waals surface area (Å²) in [6, 6.07) is 6.63. The number of hydrogen-bond donors (Lipinski definition) is 1. The summed E-state index contributed by atoms with van der Waals surface area (Å²) >= 11 is 0. The minimum Gasteiger partial charge on any atom is -0.378 e. The van der Waals surface area contributed by atoms with Gasteiger partial charge in [0.15, 0.2) is 0 Å². The Balaban J connectivity index is 1.84. The Labute approximate surface area is 127 Å². The van der Waals surface area contributed by atoms with Gasteiger partial charge >= 0.3 is 0 Å². The maximum atomic E-state index is 6.79. The van der Waals surface area contributed by atoms with Crippen LogP contribution in [-0.2, 0) is 15.0 Å². The quantitative estimate of drug-likeness (QED) is 0.910. The van der Waals surface area contributed by atoms with Gasteiger partial charge in [-0.15, -0.1) is 0 Å². The van der Waals surface area contributed by atoms with Crippen molar-refractivity contribution in [2.75, 3.05) is 19.8 Å². The van der Waals surface area contributed by atoms with Gasteiger partial charge in [-0.25, -0.2) is 0 Å². The smallest absolute Gasteiger partial charge is 0.0940 e. The molecule has 2 aliphatic rings. The Morgan fingerprint density at radius 2 is 2.05 bits per heavy atom. The first kappa shape index (κ1) is 15.0. The Hall–Kier alpha value is -0.900. The lowest BCUT2D eigenvalue weighted by molar-refractivity contribution is -0.109. The third-order valence-corrected chi connectivity index (χ3v) is 5.54. The molecule has 1 aromatic carbocycles. The Kier molecular flexibility index (Phi) is 3.85. The van der Waals surface area contributed by atoms with Gasteiger partial charge in [-0.2, -0.15) is 0 Å². The molecule has 1 spiro atoms. The van der Waals surface area contributed by atoms with Crippen LogP contribution in [0.3, 0.4) is 0 Å².